The first-order valence-electron chi connectivity index (χ1n) is 4.25. The molecule has 1 N–H and O–H groups in total. The van der Waals surface area contributed by atoms with E-state index < -0.39 is 0 Å². The third-order valence-electron chi connectivity index (χ3n) is 2.36. The van der Waals surface area contributed by atoms with Crippen molar-refractivity contribution in [2.24, 2.45) is 7.05 Å². The number of aromatic amines is 1. The largest absolute Gasteiger partial charge is 0.330 e. The second-order valence-electron chi connectivity index (χ2n) is 3.47. The van der Waals surface area contributed by atoms with Crippen LogP contribution in [0.5, 0.6) is 0 Å². The molecule has 0 atom stereocenters. The summed E-state index contributed by atoms with van der Waals surface area (Å²) in [6.07, 6.45) is 0. The van der Waals surface area contributed by atoms with Gasteiger partial charge in [0.15, 0.2) is 4.77 Å². The Balaban J connectivity index is 3.03. The third kappa shape index (κ3) is 1.20. The maximum absolute atomic E-state index is 5.16. The topological polar surface area (TPSA) is 20.7 Å². The lowest BCUT2D eigenvalue weighted by molar-refractivity contribution is 0.926. The second-order valence-corrected chi connectivity index (χ2v) is 3.85. The number of hydrogen-bond acceptors (Lipinski definition) is 1. The van der Waals surface area contributed by atoms with Crippen LogP contribution in [-0.4, -0.2) is 9.55 Å². The molecule has 0 radical (unpaired) electrons. The van der Waals surface area contributed by atoms with Crippen LogP contribution in [0.4, 0.5) is 0 Å². The van der Waals surface area contributed by atoms with E-state index in [2.05, 4.69) is 31.0 Å². The first kappa shape index (κ1) is 8.51. The average molecular weight is 192 g/mol. The quantitative estimate of drug-likeness (QED) is 0.636. The number of aryl methyl sites for hydroxylation is 3. The molecule has 1 aromatic heterocycles. The molecule has 0 aliphatic rings. The number of aromatic nitrogens is 2. The van der Waals surface area contributed by atoms with Gasteiger partial charge in [0, 0.05) is 7.05 Å². The Morgan fingerprint density at radius 2 is 2.00 bits per heavy atom. The number of benzene rings is 1. The maximum atomic E-state index is 5.16. The van der Waals surface area contributed by atoms with Gasteiger partial charge in [-0.1, -0.05) is 6.07 Å². The Kier molecular flexibility index (Phi) is 1.77. The molecule has 13 heavy (non-hydrogen) atoms. The molecule has 1 heterocycles. The third-order valence-corrected chi connectivity index (χ3v) is 2.73. The zero-order valence-corrected chi connectivity index (χ0v) is 8.83. The van der Waals surface area contributed by atoms with E-state index >= 15 is 0 Å². The Morgan fingerprint density at radius 1 is 1.31 bits per heavy atom. The summed E-state index contributed by atoms with van der Waals surface area (Å²) in [5, 5.41) is 0. The molecule has 0 bridgehead atoms. The zero-order valence-electron chi connectivity index (χ0n) is 8.01. The van der Waals surface area contributed by atoms with E-state index in [0.717, 1.165) is 10.3 Å². The van der Waals surface area contributed by atoms with Gasteiger partial charge in [-0.3, -0.25) is 0 Å². The van der Waals surface area contributed by atoms with Crippen LogP contribution >= 0.6 is 12.2 Å². The molecule has 0 spiro atoms. The summed E-state index contributed by atoms with van der Waals surface area (Å²) < 4.78 is 2.79. The minimum Gasteiger partial charge on any atom is -0.330 e. The first-order chi connectivity index (χ1) is 6.09. The highest BCUT2D eigenvalue weighted by atomic mass is 32.1. The van der Waals surface area contributed by atoms with E-state index in [0.29, 0.717) is 0 Å². The van der Waals surface area contributed by atoms with Gasteiger partial charge >= 0.3 is 0 Å². The number of nitrogens with one attached hydrogen (secondary N) is 1. The molecule has 68 valence electrons. The molecule has 0 fully saturated rings. The van der Waals surface area contributed by atoms with Crippen LogP contribution in [0.3, 0.4) is 0 Å². The molecule has 1 aromatic carbocycles. The summed E-state index contributed by atoms with van der Waals surface area (Å²) in [6, 6.07) is 4.31. The van der Waals surface area contributed by atoms with Crippen molar-refractivity contribution in [1.82, 2.24) is 9.55 Å². The van der Waals surface area contributed by atoms with E-state index in [1.54, 1.807) is 0 Å². The predicted molar refractivity (Wildman–Crippen MR) is 57.6 cm³/mol. The second kappa shape index (κ2) is 2.70. The summed E-state index contributed by atoms with van der Waals surface area (Å²) >= 11 is 5.16. The SMILES string of the molecule is Cc1cc(C)c2[nH]c(=S)n(C)c2c1. The number of rotatable bonds is 0. The normalized spacial score (nSPS) is 11.0. The van der Waals surface area contributed by atoms with Crippen LogP contribution in [-0.2, 0) is 7.05 Å². The van der Waals surface area contributed by atoms with Gasteiger partial charge in [0.05, 0.1) is 11.0 Å². The van der Waals surface area contributed by atoms with Crippen molar-refractivity contribution in [3.05, 3.63) is 28.0 Å². The van der Waals surface area contributed by atoms with Crippen molar-refractivity contribution in [3.63, 3.8) is 0 Å². The van der Waals surface area contributed by atoms with Gasteiger partial charge < -0.3 is 9.55 Å². The van der Waals surface area contributed by atoms with Crippen molar-refractivity contribution >= 4 is 23.3 Å². The highest BCUT2D eigenvalue weighted by Crippen LogP contribution is 2.18. The summed E-state index contributed by atoms with van der Waals surface area (Å²) in [5.74, 6) is 0. The van der Waals surface area contributed by atoms with E-state index in [1.807, 2.05) is 11.6 Å². The van der Waals surface area contributed by atoms with Gasteiger partial charge in [-0.05, 0) is 43.3 Å². The van der Waals surface area contributed by atoms with Gasteiger partial charge in [-0.25, -0.2) is 0 Å². The lowest BCUT2D eigenvalue weighted by Gasteiger charge is -1.99. The van der Waals surface area contributed by atoms with Gasteiger partial charge in [0.25, 0.3) is 0 Å². The fourth-order valence-electron chi connectivity index (χ4n) is 1.67. The smallest absolute Gasteiger partial charge is 0.177 e. The minimum atomic E-state index is 0.781. The van der Waals surface area contributed by atoms with Crippen LogP contribution in [0.2, 0.25) is 0 Å². The lowest BCUT2D eigenvalue weighted by Crippen LogP contribution is -1.87. The molecule has 0 aliphatic heterocycles. The molecule has 0 saturated heterocycles. The average Bonchev–Trinajstić information content (AvgIpc) is 2.32. The molecule has 0 aliphatic carbocycles. The van der Waals surface area contributed by atoms with Crippen molar-refractivity contribution in [3.8, 4) is 0 Å². The Hall–Kier alpha value is -1.09. The van der Waals surface area contributed by atoms with E-state index in [-0.39, 0.29) is 0 Å². The van der Waals surface area contributed by atoms with E-state index in [1.165, 1.54) is 16.6 Å². The van der Waals surface area contributed by atoms with Crippen molar-refractivity contribution in [1.29, 1.82) is 0 Å². The Labute approximate surface area is 82.2 Å². The van der Waals surface area contributed by atoms with Crippen LogP contribution < -0.4 is 0 Å². The molecule has 3 heteroatoms. The van der Waals surface area contributed by atoms with Crippen LogP contribution in [0.15, 0.2) is 12.1 Å². The lowest BCUT2D eigenvalue weighted by atomic mass is 10.1. The van der Waals surface area contributed by atoms with Crippen molar-refractivity contribution in [2.45, 2.75) is 13.8 Å². The van der Waals surface area contributed by atoms with Gasteiger partial charge in [-0.2, -0.15) is 0 Å². The van der Waals surface area contributed by atoms with Gasteiger partial charge in [-0.15, -0.1) is 0 Å². The van der Waals surface area contributed by atoms with Crippen molar-refractivity contribution < 1.29 is 0 Å². The number of nitrogens with zero attached hydrogens (tertiary/aromatic N) is 1. The van der Waals surface area contributed by atoms with E-state index in [4.69, 9.17) is 12.2 Å². The molecule has 0 unspecified atom stereocenters. The summed E-state index contributed by atoms with van der Waals surface area (Å²) in [7, 11) is 1.99. The first-order valence-corrected chi connectivity index (χ1v) is 4.66. The molecule has 0 saturated carbocycles. The maximum Gasteiger partial charge on any atom is 0.177 e. The zero-order chi connectivity index (χ0) is 9.59. The van der Waals surface area contributed by atoms with E-state index in [9.17, 15) is 0 Å². The highest BCUT2D eigenvalue weighted by molar-refractivity contribution is 7.71. The highest BCUT2D eigenvalue weighted by Gasteiger charge is 2.03. The number of hydrogen-bond donors (Lipinski definition) is 1. The molecule has 2 rings (SSSR count). The summed E-state index contributed by atoms with van der Waals surface area (Å²) in [6.45, 7) is 4.20. The van der Waals surface area contributed by atoms with Gasteiger partial charge in [0.1, 0.15) is 0 Å². The van der Waals surface area contributed by atoms with Crippen LogP contribution in [0.25, 0.3) is 11.0 Å². The molecular formula is C10H12N2S. The number of H-pyrrole nitrogens is 1. The minimum absolute atomic E-state index is 0.781. The number of fused-ring (bicyclic) bond motifs is 1. The van der Waals surface area contributed by atoms with Crippen LogP contribution in [0.1, 0.15) is 11.1 Å². The summed E-state index contributed by atoms with van der Waals surface area (Å²) in [5.41, 5.74) is 4.86. The van der Waals surface area contributed by atoms with Gasteiger partial charge in [0.2, 0.25) is 0 Å². The fraction of sp³-hybridized carbons (Fsp3) is 0.300. The standard InChI is InChI=1S/C10H12N2S/c1-6-4-7(2)9-8(5-6)12(3)10(13)11-9/h4-5H,1-3H3,(H,11,13). The Morgan fingerprint density at radius 3 is 2.69 bits per heavy atom. The van der Waals surface area contributed by atoms with Crippen molar-refractivity contribution in [2.75, 3.05) is 0 Å². The molecule has 2 aromatic rings. The molecule has 0 amide bonds. The number of imidazole rings is 1. The van der Waals surface area contributed by atoms with Crippen LogP contribution in [0, 0.1) is 18.6 Å². The molecular weight excluding hydrogens is 180 g/mol. The Bertz CT molecular complexity index is 519. The monoisotopic (exact) mass is 192 g/mol. The fourth-order valence-corrected chi connectivity index (χ4v) is 1.87. The molecule has 2 nitrogen and oxygen atoms in total. The summed E-state index contributed by atoms with van der Waals surface area (Å²) in [4.78, 5) is 3.20. The predicted octanol–water partition coefficient (Wildman–Crippen LogP) is 2.85.